The minimum absolute atomic E-state index is 0.0799. The van der Waals surface area contributed by atoms with E-state index in [1.54, 1.807) is 18.2 Å². The third kappa shape index (κ3) is 5.80. The van der Waals surface area contributed by atoms with Gasteiger partial charge >= 0.3 is 6.18 Å². The summed E-state index contributed by atoms with van der Waals surface area (Å²) >= 11 is 0. The Balaban J connectivity index is 2.04. The quantitative estimate of drug-likeness (QED) is 0.585. The fraction of sp³-hybridized carbons (Fsp3) is 0.167. The molecule has 2 aromatic rings. The predicted octanol–water partition coefficient (Wildman–Crippen LogP) is 4.46. The van der Waals surface area contributed by atoms with E-state index >= 15 is 0 Å². The molecule has 0 aliphatic heterocycles. The number of carbonyl (C=O) groups excluding carboxylic acids is 1. The first kappa shape index (κ1) is 19.3. The molecule has 2 aromatic carbocycles. The van der Waals surface area contributed by atoms with Gasteiger partial charge in [-0.3, -0.25) is 4.79 Å². The maximum Gasteiger partial charge on any atom is 0.405 e. The van der Waals surface area contributed by atoms with Crippen molar-refractivity contribution in [2.24, 2.45) is 0 Å². The molecule has 4 nitrogen and oxygen atoms in total. The molecule has 0 spiro atoms. The van der Waals surface area contributed by atoms with Gasteiger partial charge in [-0.25, -0.2) is 4.39 Å². The molecule has 1 amide bonds. The fourth-order valence-corrected chi connectivity index (χ4v) is 2.07. The Labute approximate surface area is 147 Å². The number of alkyl halides is 3. The molecule has 0 aliphatic carbocycles. The lowest BCUT2D eigenvalue weighted by molar-refractivity contribution is -0.115. The van der Waals surface area contributed by atoms with E-state index < -0.39 is 24.4 Å². The minimum Gasteiger partial charge on any atom is -0.494 e. The van der Waals surface area contributed by atoms with Crippen LogP contribution in [0.15, 0.2) is 48.5 Å². The Morgan fingerprint density at radius 2 is 1.85 bits per heavy atom. The highest BCUT2D eigenvalue weighted by molar-refractivity contribution is 6.03. The van der Waals surface area contributed by atoms with Crippen LogP contribution in [0.2, 0.25) is 0 Å². The summed E-state index contributed by atoms with van der Waals surface area (Å²) in [5.41, 5.74) is 0.774. The van der Waals surface area contributed by atoms with E-state index in [0.29, 0.717) is 5.56 Å². The van der Waals surface area contributed by atoms with Crippen LogP contribution in [-0.4, -0.2) is 25.7 Å². The number of anilines is 2. The van der Waals surface area contributed by atoms with Gasteiger partial charge in [0.25, 0.3) is 0 Å². The van der Waals surface area contributed by atoms with Crippen LogP contribution in [0, 0.1) is 5.82 Å². The number of rotatable bonds is 6. The van der Waals surface area contributed by atoms with Gasteiger partial charge in [0.05, 0.1) is 18.5 Å². The smallest absolute Gasteiger partial charge is 0.405 e. The Morgan fingerprint density at radius 3 is 2.46 bits per heavy atom. The standard InChI is InChI=1S/C18H16F4N2O2/c1-26-16-8-6-12(10-13(16)19)7-9-17(25)24-15-5-3-2-4-14(15)23-11-18(20,21)22/h2-10,23H,11H2,1H3,(H,24,25). The highest BCUT2D eigenvalue weighted by atomic mass is 19.4. The number of para-hydroxylation sites is 2. The Bertz CT molecular complexity index is 804. The number of hydrogen-bond acceptors (Lipinski definition) is 3. The third-order valence-electron chi connectivity index (χ3n) is 3.27. The second kappa shape index (κ2) is 8.37. The van der Waals surface area contributed by atoms with E-state index in [1.165, 1.54) is 37.5 Å². The van der Waals surface area contributed by atoms with Gasteiger partial charge in [-0.1, -0.05) is 18.2 Å². The zero-order valence-electron chi connectivity index (χ0n) is 13.7. The fourth-order valence-electron chi connectivity index (χ4n) is 2.07. The molecular formula is C18H16F4N2O2. The van der Waals surface area contributed by atoms with Crippen molar-refractivity contribution in [1.29, 1.82) is 0 Å². The number of hydrogen-bond donors (Lipinski definition) is 2. The molecule has 0 unspecified atom stereocenters. The summed E-state index contributed by atoms with van der Waals surface area (Å²) in [4.78, 5) is 12.0. The minimum atomic E-state index is -4.38. The number of halogens is 4. The molecule has 8 heteroatoms. The summed E-state index contributed by atoms with van der Waals surface area (Å²) in [6.07, 6.45) is -1.85. The first-order valence-corrected chi connectivity index (χ1v) is 7.51. The molecule has 138 valence electrons. The largest absolute Gasteiger partial charge is 0.494 e. The van der Waals surface area contributed by atoms with Crippen LogP contribution in [0.25, 0.3) is 6.08 Å². The number of benzene rings is 2. The maximum atomic E-state index is 13.6. The van der Waals surface area contributed by atoms with Crippen LogP contribution < -0.4 is 15.4 Å². The number of carbonyl (C=O) groups is 1. The van der Waals surface area contributed by atoms with Crippen molar-refractivity contribution >= 4 is 23.4 Å². The van der Waals surface area contributed by atoms with Gasteiger partial charge in [-0.2, -0.15) is 13.2 Å². The van der Waals surface area contributed by atoms with Gasteiger partial charge < -0.3 is 15.4 Å². The molecule has 0 fully saturated rings. The molecule has 2 N–H and O–H groups in total. The van der Waals surface area contributed by atoms with Crippen LogP contribution in [-0.2, 0) is 4.79 Å². The lowest BCUT2D eigenvalue weighted by Crippen LogP contribution is -2.22. The van der Waals surface area contributed by atoms with Gasteiger partial charge in [0.2, 0.25) is 5.91 Å². The van der Waals surface area contributed by atoms with Crippen LogP contribution in [0.5, 0.6) is 5.75 Å². The highest BCUT2D eigenvalue weighted by Crippen LogP contribution is 2.24. The van der Waals surface area contributed by atoms with Crippen LogP contribution in [0.4, 0.5) is 28.9 Å². The van der Waals surface area contributed by atoms with Crippen molar-refractivity contribution in [3.63, 3.8) is 0 Å². The summed E-state index contributed by atoms with van der Waals surface area (Å²) in [5.74, 6) is -1.06. The Hall–Kier alpha value is -3.03. The first-order valence-electron chi connectivity index (χ1n) is 7.51. The number of amides is 1. The van der Waals surface area contributed by atoms with E-state index in [2.05, 4.69) is 10.6 Å². The van der Waals surface area contributed by atoms with Gasteiger partial charge in [-0.05, 0) is 35.9 Å². The average Bonchev–Trinajstić information content (AvgIpc) is 2.58. The molecule has 0 heterocycles. The molecular weight excluding hydrogens is 352 g/mol. The molecule has 0 atom stereocenters. The maximum absolute atomic E-state index is 13.6. The highest BCUT2D eigenvalue weighted by Gasteiger charge is 2.26. The third-order valence-corrected chi connectivity index (χ3v) is 3.27. The van der Waals surface area contributed by atoms with Gasteiger partial charge in [0, 0.05) is 6.08 Å². The number of methoxy groups -OCH3 is 1. The molecule has 0 saturated heterocycles. The van der Waals surface area contributed by atoms with E-state index in [0.717, 1.165) is 6.08 Å². The van der Waals surface area contributed by atoms with E-state index in [1.807, 2.05) is 0 Å². The summed E-state index contributed by atoms with van der Waals surface area (Å²) in [6, 6.07) is 10.2. The second-order valence-electron chi connectivity index (χ2n) is 5.23. The van der Waals surface area contributed by atoms with Crippen molar-refractivity contribution in [3.8, 4) is 5.75 Å². The second-order valence-corrected chi connectivity index (χ2v) is 5.23. The number of ether oxygens (including phenoxy) is 1. The van der Waals surface area contributed by atoms with Crippen LogP contribution >= 0.6 is 0 Å². The Morgan fingerprint density at radius 1 is 1.15 bits per heavy atom. The van der Waals surface area contributed by atoms with Crippen molar-refractivity contribution in [1.82, 2.24) is 0 Å². The molecule has 26 heavy (non-hydrogen) atoms. The van der Waals surface area contributed by atoms with Crippen molar-refractivity contribution in [3.05, 3.63) is 59.9 Å². The van der Waals surface area contributed by atoms with E-state index in [-0.39, 0.29) is 17.1 Å². The average molecular weight is 368 g/mol. The van der Waals surface area contributed by atoms with Crippen molar-refractivity contribution in [2.45, 2.75) is 6.18 Å². The lowest BCUT2D eigenvalue weighted by atomic mass is 10.2. The lowest BCUT2D eigenvalue weighted by Gasteiger charge is -2.13. The van der Waals surface area contributed by atoms with Crippen molar-refractivity contribution in [2.75, 3.05) is 24.3 Å². The molecule has 2 rings (SSSR count). The topological polar surface area (TPSA) is 50.4 Å². The summed E-state index contributed by atoms with van der Waals surface area (Å²) < 4.78 is 55.4. The predicted molar refractivity (Wildman–Crippen MR) is 91.6 cm³/mol. The van der Waals surface area contributed by atoms with Crippen LogP contribution in [0.3, 0.4) is 0 Å². The van der Waals surface area contributed by atoms with Crippen LogP contribution in [0.1, 0.15) is 5.56 Å². The summed E-state index contributed by atoms with van der Waals surface area (Å²) in [6.45, 7) is -1.22. The van der Waals surface area contributed by atoms with Crippen molar-refractivity contribution < 1.29 is 27.1 Å². The molecule has 0 radical (unpaired) electrons. The summed E-state index contributed by atoms with van der Waals surface area (Å²) in [7, 11) is 1.34. The first-order chi connectivity index (χ1) is 12.3. The normalized spacial score (nSPS) is 11.4. The SMILES string of the molecule is COc1ccc(C=CC(=O)Nc2ccccc2NCC(F)(F)F)cc1F. The zero-order valence-corrected chi connectivity index (χ0v) is 13.7. The van der Waals surface area contributed by atoms with Gasteiger partial charge in [0.1, 0.15) is 6.54 Å². The molecule has 0 aliphatic rings. The zero-order chi connectivity index (χ0) is 19.2. The molecule has 0 bridgehead atoms. The molecule has 0 saturated carbocycles. The molecule has 0 aromatic heterocycles. The van der Waals surface area contributed by atoms with Gasteiger partial charge in [0.15, 0.2) is 11.6 Å². The number of nitrogens with one attached hydrogen (secondary N) is 2. The van der Waals surface area contributed by atoms with E-state index in [9.17, 15) is 22.4 Å². The van der Waals surface area contributed by atoms with Gasteiger partial charge in [-0.15, -0.1) is 0 Å². The summed E-state index contributed by atoms with van der Waals surface area (Å²) in [5, 5.41) is 4.71. The monoisotopic (exact) mass is 368 g/mol. The Kier molecular flexibility index (Phi) is 6.21. The van der Waals surface area contributed by atoms with E-state index in [4.69, 9.17) is 4.74 Å².